The van der Waals surface area contributed by atoms with Crippen LogP contribution in [0.3, 0.4) is 0 Å². The number of sulfone groups is 1. The van der Waals surface area contributed by atoms with Crippen molar-refractivity contribution in [2.45, 2.75) is 30.8 Å². The van der Waals surface area contributed by atoms with E-state index in [1.165, 1.54) is 24.3 Å². The summed E-state index contributed by atoms with van der Waals surface area (Å²) in [6, 6.07) is 14.2. The van der Waals surface area contributed by atoms with Crippen LogP contribution in [-0.4, -0.2) is 58.3 Å². The predicted molar refractivity (Wildman–Crippen MR) is 120 cm³/mol. The number of sulfonamides is 1. The molecule has 2 aromatic rings. The lowest BCUT2D eigenvalue weighted by molar-refractivity contribution is -0.121. The smallest absolute Gasteiger partial charge is 0.246 e. The minimum Gasteiger partial charge on any atom is -0.324 e. The Bertz CT molecular complexity index is 1100. The van der Waals surface area contributed by atoms with Gasteiger partial charge in [0.2, 0.25) is 15.9 Å². The van der Waals surface area contributed by atoms with Gasteiger partial charge in [-0.25, -0.2) is 21.6 Å². The van der Waals surface area contributed by atoms with Crippen LogP contribution in [0, 0.1) is 0 Å². The molecule has 10 heteroatoms. The Morgan fingerprint density at radius 2 is 1.55 bits per heavy atom. The fourth-order valence-corrected chi connectivity index (χ4v) is 5.94. The molecular weight excluding hydrogens is 438 g/mol. The molecule has 0 radical (unpaired) electrons. The molecule has 1 atom stereocenters. The second-order valence-corrected chi connectivity index (χ2v) is 11.8. The van der Waals surface area contributed by atoms with E-state index in [9.17, 15) is 21.6 Å². The number of amides is 1. The maximum atomic E-state index is 13.2. The van der Waals surface area contributed by atoms with Gasteiger partial charge in [0.1, 0.15) is 6.04 Å². The minimum absolute atomic E-state index is 0.0129. The highest BCUT2D eigenvalue weighted by molar-refractivity contribution is 7.91. The summed E-state index contributed by atoms with van der Waals surface area (Å²) in [5, 5.41) is 2.83. The van der Waals surface area contributed by atoms with E-state index in [2.05, 4.69) is 10.0 Å². The Balaban J connectivity index is 1.79. The highest BCUT2D eigenvalue weighted by Gasteiger charge is 2.32. The van der Waals surface area contributed by atoms with Crippen molar-refractivity contribution in [3.05, 3.63) is 60.2 Å². The van der Waals surface area contributed by atoms with E-state index in [0.717, 1.165) is 5.56 Å². The molecular formula is C21H27N3O5S2. The van der Waals surface area contributed by atoms with Gasteiger partial charge in [-0.3, -0.25) is 9.69 Å². The number of anilines is 1. The van der Waals surface area contributed by atoms with Gasteiger partial charge in [-0.15, -0.1) is 0 Å². The van der Waals surface area contributed by atoms with Crippen LogP contribution >= 0.6 is 0 Å². The minimum atomic E-state index is -3.62. The quantitative estimate of drug-likeness (QED) is 0.645. The second-order valence-electron chi connectivity index (χ2n) is 7.79. The number of benzene rings is 2. The van der Waals surface area contributed by atoms with E-state index in [1.807, 2.05) is 35.2 Å². The van der Waals surface area contributed by atoms with Crippen molar-refractivity contribution in [2.24, 2.45) is 0 Å². The van der Waals surface area contributed by atoms with E-state index in [1.54, 1.807) is 13.8 Å². The summed E-state index contributed by atoms with van der Waals surface area (Å²) < 4.78 is 50.7. The summed E-state index contributed by atoms with van der Waals surface area (Å²) in [7, 11) is -6.70. The van der Waals surface area contributed by atoms with E-state index >= 15 is 0 Å². The van der Waals surface area contributed by atoms with Gasteiger partial charge in [-0.05, 0) is 43.7 Å². The third-order valence-corrected chi connectivity index (χ3v) is 8.21. The molecule has 2 N–H and O–H groups in total. The molecule has 0 aromatic heterocycles. The highest BCUT2D eigenvalue weighted by atomic mass is 32.2. The summed E-state index contributed by atoms with van der Waals surface area (Å²) in [6.07, 6.45) is 0. The molecule has 1 saturated heterocycles. The number of nitrogens with one attached hydrogen (secondary N) is 2. The molecule has 0 saturated carbocycles. The van der Waals surface area contributed by atoms with Crippen LogP contribution in [0.4, 0.5) is 5.69 Å². The normalized spacial score (nSPS) is 17.9. The lowest BCUT2D eigenvalue weighted by Crippen LogP contribution is -2.46. The average molecular weight is 466 g/mol. The van der Waals surface area contributed by atoms with Crippen molar-refractivity contribution in [1.29, 1.82) is 0 Å². The maximum absolute atomic E-state index is 13.2. The Kier molecular flexibility index (Phi) is 7.15. The zero-order valence-corrected chi connectivity index (χ0v) is 19.1. The lowest BCUT2D eigenvalue weighted by Gasteiger charge is -2.33. The van der Waals surface area contributed by atoms with Crippen molar-refractivity contribution >= 4 is 31.5 Å². The Morgan fingerprint density at radius 1 is 0.968 bits per heavy atom. The number of hydrogen-bond acceptors (Lipinski definition) is 6. The van der Waals surface area contributed by atoms with Crippen LogP contribution in [-0.2, 0) is 24.7 Å². The first-order chi connectivity index (χ1) is 14.6. The Morgan fingerprint density at radius 3 is 2.10 bits per heavy atom. The summed E-state index contributed by atoms with van der Waals surface area (Å²) in [5.41, 5.74) is 1.22. The standard InChI is InChI=1S/C21H27N3O5S2/c1-16(2)23-31(28,29)19-10-8-18(9-11-19)22-21(25)20(17-6-4-3-5-7-17)24-12-14-30(26,27)15-13-24/h3-11,16,20,23H,12-15H2,1-2H3,(H,22,25). The first-order valence-corrected chi connectivity index (χ1v) is 13.3. The maximum Gasteiger partial charge on any atom is 0.246 e. The molecule has 1 unspecified atom stereocenters. The average Bonchev–Trinajstić information content (AvgIpc) is 2.70. The number of nitrogens with zero attached hydrogens (tertiary/aromatic N) is 1. The van der Waals surface area contributed by atoms with E-state index in [-0.39, 0.29) is 41.4 Å². The van der Waals surface area contributed by atoms with Crippen molar-refractivity contribution in [3.63, 3.8) is 0 Å². The molecule has 168 valence electrons. The van der Waals surface area contributed by atoms with Gasteiger partial charge >= 0.3 is 0 Å². The van der Waals surface area contributed by atoms with Gasteiger partial charge in [0.05, 0.1) is 16.4 Å². The number of hydrogen-bond donors (Lipinski definition) is 2. The lowest BCUT2D eigenvalue weighted by atomic mass is 10.0. The number of carbonyl (C=O) groups excluding carboxylic acids is 1. The fourth-order valence-electron chi connectivity index (χ4n) is 3.45. The largest absolute Gasteiger partial charge is 0.324 e. The predicted octanol–water partition coefficient (Wildman–Crippen LogP) is 1.78. The highest BCUT2D eigenvalue weighted by Crippen LogP contribution is 2.25. The Labute approximate surface area is 183 Å². The molecule has 1 aliphatic heterocycles. The molecule has 0 bridgehead atoms. The Hall–Kier alpha value is -2.27. The summed E-state index contributed by atoms with van der Waals surface area (Å²) in [4.78, 5) is 15.1. The van der Waals surface area contributed by atoms with E-state index in [4.69, 9.17) is 0 Å². The van der Waals surface area contributed by atoms with Gasteiger partial charge in [0.15, 0.2) is 9.84 Å². The molecule has 0 spiro atoms. The van der Waals surface area contributed by atoms with Gasteiger partial charge in [0.25, 0.3) is 0 Å². The summed E-state index contributed by atoms with van der Waals surface area (Å²) >= 11 is 0. The van der Waals surface area contributed by atoms with Crippen LogP contribution in [0.5, 0.6) is 0 Å². The molecule has 8 nitrogen and oxygen atoms in total. The van der Waals surface area contributed by atoms with Crippen LogP contribution in [0.15, 0.2) is 59.5 Å². The second kappa shape index (κ2) is 9.47. The topological polar surface area (TPSA) is 113 Å². The van der Waals surface area contributed by atoms with Crippen LogP contribution in [0.1, 0.15) is 25.5 Å². The first kappa shape index (κ1) is 23.4. The molecule has 31 heavy (non-hydrogen) atoms. The fraction of sp³-hybridized carbons (Fsp3) is 0.381. The zero-order chi connectivity index (χ0) is 22.6. The van der Waals surface area contributed by atoms with Crippen molar-refractivity contribution in [2.75, 3.05) is 29.9 Å². The van der Waals surface area contributed by atoms with Gasteiger partial charge in [-0.1, -0.05) is 30.3 Å². The van der Waals surface area contributed by atoms with Gasteiger partial charge < -0.3 is 5.32 Å². The SMILES string of the molecule is CC(C)NS(=O)(=O)c1ccc(NC(=O)C(c2ccccc2)N2CCS(=O)(=O)CC2)cc1. The van der Waals surface area contributed by atoms with Crippen LogP contribution < -0.4 is 10.0 Å². The summed E-state index contributed by atoms with van der Waals surface area (Å²) in [6.45, 7) is 4.02. The third-order valence-electron chi connectivity index (χ3n) is 4.93. The summed E-state index contributed by atoms with van der Waals surface area (Å²) in [5.74, 6) is -0.278. The van der Waals surface area contributed by atoms with Crippen molar-refractivity contribution in [1.82, 2.24) is 9.62 Å². The van der Waals surface area contributed by atoms with Gasteiger partial charge in [0, 0.05) is 24.8 Å². The molecule has 3 rings (SSSR count). The molecule has 1 fully saturated rings. The monoisotopic (exact) mass is 465 g/mol. The van der Waals surface area contributed by atoms with Crippen LogP contribution in [0.25, 0.3) is 0 Å². The van der Waals surface area contributed by atoms with E-state index < -0.39 is 25.9 Å². The molecule has 2 aromatic carbocycles. The third kappa shape index (κ3) is 6.13. The number of rotatable bonds is 7. The van der Waals surface area contributed by atoms with Crippen LogP contribution in [0.2, 0.25) is 0 Å². The van der Waals surface area contributed by atoms with Crippen molar-refractivity contribution < 1.29 is 21.6 Å². The zero-order valence-electron chi connectivity index (χ0n) is 17.5. The molecule has 1 aliphatic rings. The number of carbonyl (C=O) groups is 1. The van der Waals surface area contributed by atoms with Gasteiger partial charge in [-0.2, -0.15) is 0 Å². The first-order valence-electron chi connectivity index (χ1n) is 10.00. The molecule has 1 heterocycles. The van der Waals surface area contributed by atoms with E-state index in [0.29, 0.717) is 5.69 Å². The van der Waals surface area contributed by atoms with Crippen molar-refractivity contribution in [3.8, 4) is 0 Å². The molecule has 0 aliphatic carbocycles. The molecule has 1 amide bonds.